The minimum absolute atomic E-state index is 0.182. The number of sulfonamides is 1. The van der Waals surface area contributed by atoms with Crippen LogP contribution in [0, 0.1) is 0 Å². The third-order valence-electron chi connectivity index (χ3n) is 6.41. The van der Waals surface area contributed by atoms with Gasteiger partial charge in [0.25, 0.3) is 15.9 Å². The second kappa shape index (κ2) is 9.80. The molecule has 182 valence electrons. The average molecular weight is 517 g/mol. The molecule has 0 fully saturated rings. The van der Waals surface area contributed by atoms with Gasteiger partial charge in [0.1, 0.15) is 0 Å². The smallest absolute Gasteiger partial charge is 0.264 e. The summed E-state index contributed by atoms with van der Waals surface area (Å²) in [6, 6.07) is 30.4. The molecule has 1 amide bonds. The van der Waals surface area contributed by atoms with Crippen molar-refractivity contribution in [2.24, 2.45) is 0 Å². The summed E-state index contributed by atoms with van der Waals surface area (Å²) in [7, 11) is -3.77. The first kappa shape index (κ1) is 24.1. The van der Waals surface area contributed by atoms with Gasteiger partial charge in [-0.1, -0.05) is 72.3 Å². The fraction of sp³-hybridized carbons (Fsp3) is 0.138. The Balaban J connectivity index is 1.44. The van der Waals surface area contributed by atoms with Gasteiger partial charge in [0.05, 0.1) is 16.6 Å². The number of hydrogen-bond acceptors (Lipinski definition) is 3. The molecule has 1 aliphatic rings. The summed E-state index contributed by atoms with van der Waals surface area (Å²) in [4.78, 5) is 13.5. The van der Waals surface area contributed by atoms with Gasteiger partial charge in [0.15, 0.2) is 0 Å². The van der Waals surface area contributed by atoms with Crippen LogP contribution in [-0.2, 0) is 16.4 Å². The molecule has 0 unspecified atom stereocenters. The lowest BCUT2D eigenvalue weighted by Crippen LogP contribution is -2.35. The monoisotopic (exact) mass is 516 g/mol. The van der Waals surface area contributed by atoms with Crippen molar-refractivity contribution in [2.45, 2.75) is 30.3 Å². The van der Waals surface area contributed by atoms with E-state index in [9.17, 15) is 13.2 Å². The van der Waals surface area contributed by atoms with Crippen LogP contribution in [0.15, 0.2) is 108 Å². The topological polar surface area (TPSA) is 66.5 Å². The van der Waals surface area contributed by atoms with Crippen molar-refractivity contribution in [2.75, 3.05) is 4.31 Å². The molecule has 1 N–H and O–H groups in total. The highest BCUT2D eigenvalue weighted by Gasteiger charge is 2.36. The average Bonchev–Trinajstić information content (AvgIpc) is 3.24. The number of fused-ring (bicyclic) bond motifs is 1. The van der Waals surface area contributed by atoms with Gasteiger partial charge in [0.2, 0.25) is 0 Å². The van der Waals surface area contributed by atoms with Crippen LogP contribution < -0.4 is 9.62 Å². The van der Waals surface area contributed by atoms with Crippen molar-refractivity contribution in [1.29, 1.82) is 0 Å². The molecule has 1 aliphatic heterocycles. The van der Waals surface area contributed by atoms with E-state index in [0.717, 1.165) is 16.7 Å². The summed E-state index contributed by atoms with van der Waals surface area (Å²) < 4.78 is 28.2. The van der Waals surface area contributed by atoms with Gasteiger partial charge in [0, 0.05) is 16.6 Å². The van der Waals surface area contributed by atoms with E-state index in [4.69, 9.17) is 11.6 Å². The number of nitrogens with zero attached hydrogens (tertiary/aromatic N) is 1. The molecule has 0 spiro atoms. The number of hydrogen-bond donors (Lipinski definition) is 1. The summed E-state index contributed by atoms with van der Waals surface area (Å²) in [5.74, 6) is -0.220. The molecule has 7 heteroatoms. The maximum atomic E-state index is 13.4. The van der Waals surface area contributed by atoms with Crippen molar-refractivity contribution in [3.63, 3.8) is 0 Å². The molecule has 1 atom stereocenters. The van der Waals surface area contributed by atoms with E-state index in [-0.39, 0.29) is 22.9 Å². The lowest BCUT2D eigenvalue weighted by atomic mass is 9.98. The molecular formula is C29H25ClN2O3S. The number of carbonyl (C=O) groups excluding carboxylic acids is 1. The lowest BCUT2D eigenvalue weighted by Gasteiger charge is -2.24. The molecule has 0 saturated heterocycles. The predicted molar refractivity (Wildman–Crippen MR) is 143 cm³/mol. The summed E-state index contributed by atoms with van der Waals surface area (Å²) in [6.45, 7) is 1.87. The number of nitrogens with one attached hydrogen (secondary N) is 1. The first-order chi connectivity index (χ1) is 17.3. The molecule has 5 rings (SSSR count). The molecule has 0 radical (unpaired) electrons. The molecule has 4 aromatic rings. The van der Waals surface area contributed by atoms with Gasteiger partial charge < -0.3 is 5.32 Å². The Morgan fingerprint density at radius 3 is 2.06 bits per heavy atom. The maximum Gasteiger partial charge on any atom is 0.264 e. The fourth-order valence-electron chi connectivity index (χ4n) is 4.69. The SMILES string of the molecule is C[C@@H]1Cc2cc(C(=O)NC(c3ccccc3)c3ccccc3)ccc2N1S(=O)(=O)c1ccc(Cl)cc1. The van der Waals surface area contributed by atoms with Crippen LogP contribution in [0.5, 0.6) is 0 Å². The summed E-state index contributed by atoms with van der Waals surface area (Å²) >= 11 is 5.95. The van der Waals surface area contributed by atoms with Gasteiger partial charge in [-0.2, -0.15) is 0 Å². The molecule has 5 nitrogen and oxygen atoms in total. The zero-order chi connectivity index (χ0) is 25.3. The largest absolute Gasteiger partial charge is 0.341 e. The van der Waals surface area contributed by atoms with Crippen LogP contribution in [0.1, 0.15) is 40.0 Å². The molecule has 0 aromatic heterocycles. The highest BCUT2D eigenvalue weighted by Crippen LogP contribution is 2.37. The van der Waals surface area contributed by atoms with Gasteiger partial charge in [-0.15, -0.1) is 0 Å². The van der Waals surface area contributed by atoms with Crippen LogP contribution in [0.3, 0.4) is 0 Å². The van der Waals surface area contributed by atoms with Gasteiger partial charge in [-0.3, -0.25) is 9.10 Å². The number of anilines is 1. The molecule has 4 aromatic carbocycles. The minimum atomic E-state index is -3.77. The lowest BCUT2D eigenvalue weighted by molar-refractivity contribution is 0.0943. The van der Waals surface area contributed by atoms with E-state index in [0.29, 0.717) is 22.7 Å². The van der Waals surface area contributed by atoms with E-state index in [2.05, 4.69) is 5.32 Å². The second-order valence-corrected chi connectivity index (χ2v) is 11.1. The Morgan fingerprint density at radius 2 is 1.47 bits per heavy atom. The third-order valence-corrected chi connectivity index (χ3v) is 8.60. The van der Waals surface area contributed by atoms with Gasteiger partial charge in [-0.25, -0.2) is 8.42 Å². The molecule has 1 heterocycles. The third kappa shape index (κ3) is 4.62. The van der Waals surface area contributed by atoms with E-state index in [1.807, 2.05) is 67.6 Å². The standard InChI is InChI=1S/C29H25ClN2O3S/c1-20-18-24-19-23(12-17-27(24)32(20)36(34,35)26-15-13-25(30)14-16-26)29(33)31-28(21-8-4-2-5-9-21)22-10-6-3-7-11-22/h2-17,19-20,28H,18H2,1H3,(H,31,33)/t20-/m1/s1. The van der Waals surface area contributed by atoms with Gasteiger partial charge >= 0.3 is 0 Å². The van der Waals surface area contributed by atoms with E-state index < -0.39 is 10.0 Å². The molecular weight excluding hydrogens is 492 g/mol. The molecule has 0 saturated carbocycles. The Bertz CT molecular complexity index is 1450. The summed E-state index contributed by atoms with van der Waals surface area (Å²) in [5.41, 5.74) is 3.86. The first-order valence-electron chi connectivity index (χ1n) is 11.7. The van der Waals surface area contributed by atoms with Crippen molar-refractivity contribution < 1.29 is 13.2 Å². The summed E-state index contributed by atoms with van der Waals surface area (Å²) in [5, 5.41) is 3.63. The highest BCUT2D eigenvalue weighted by atomic mass is 35.5. The van der Waals surface area contributed by atoms with Crippen molar-refractivity contribution in [1.82, 2.24) is 5.32 Å². The Hall–Kier alpha value is -3.61. The number of halogens is 1. The van der Waals surface area contributed by atoms with E-state index in [1.54, 1.807) is 30.3 Å². The van der Waals surface area contributed by atoms with Crippen molar-refractivity contribution in [3.8, 4) is 0 Å². The van der Waals surface area contributed by atoms with E-state index >= 15 is 0 Å². The van der Waals surface area contributed by atoms with Crippen LogP contribution in [0.4, 0.5) is 5.69 Å². The zero-order valence-electron chi connectivity index (χ0n) is 19.6. The number of amides is 1. The van der Waals surface area contributed by atoms with Crippen LogP contribution >= 0.6 is 11.6 Å². The van der Waals surface area contributed by atoms with Gasteiger partial charge in [-0.05, 0) is 72.5 Å². The first-order valence-corrected chi connectivity index (χ1v) is 13.5. The molecule has 0 aliphatic carbocycles. The normalized spacial score (nSPS) is 15.1. The predicted octanol–water partition coefficient (Wildman–Crippen LogP) is 6.00. The van der Waals surface area contributed by atoms with E-state index in [1.165, 1.54) is 16.4 Å². The minimum Gasteiger partial charge on any atom is -0.341 e. The number of benzene rings is 4. The van der Waals surface area contributed by atoms with Crippen molar-refractivity contribution in [3.05, 3.63) is 130 Å². The van der Waals surface area contributed by atoms with Crippen molar-refractivity contribution >= 4 is 33.2 Å². The second-order valence-electron chi connectivity index (χ2n) is 8.88. The summed E-state index contributed by atoms with van der Waals surface area (Å²) in [6.07, 6.45) is 0.518. The van der Waals surface area contributed by atoms with Crippen LogP contribution in [0.2, 0.25) is 5.02 Å². The Kier molecular flexibility index (Phi) is 6.56. The fourth-order valence-corrected chi connectivity index (χ4v) is 6.51. The number of rotatable bonds is 6. The highest BCUT2D eigenvalue weighted by molar-refractivity contribution is 7.92. The molecule has 0 bridgehead atoms. The van der Waals surface area contributed by atoms with Crippen LogP contribution in [0.25, 0.3) is 0 Å². The quantitative estimate of drug-likeness (QED) is 0.342. The Morgan fingerprint density at radius 1 is 0.889 bits per heavy atom. The maximum absolute atomic E-state index is 13.4. The molecule has 36 heavy (non-hydrogen) atoms. The number of carbonyl (C=O) groups is 1. The Labute approximate surface area is 216 Å². The van der Waals surface area contributed by atoms with Crippen LogP contribution in [-0.4, -0.2) is 20.4 Å². The zero-order valence-corrected chi connectivity index (χ0v) is 21.2.